The molecule has 0 bridgehead atoms. The molecule has 0 fully saturated rings. The summed E-state index contributed by atoms with van der Waals surface area (Å²) >= 11 is 0. The summed E-state index contributed by atoms with van der Waals surface area (Å²) in [5.41, 5.74) is -0.886. The van der Waals surface area contributed by atoms with E-state index in [0.717, 1.165) is 18.6 Å². The quantitative estimate of drug-likeness (QED) is 0.777. The van der Waals surface area contributed by atoms with Crippen LogP contribution in [0.15, 0.2) is 22.8 Å². The van der Waals surface area contributed by atoms with Crippen LogP contribution >= 0.6 is 0 Å². The van der Waals surface area contributed by atoms with E-state index in [9.17, 15) is 4.79 Å². The van der Waals surface area contributed by atoms with E-state index in [1.807, 2.05) is 19.1 Å². The topological polar surface area (TPSA) is 62.5 Å². The highest BCUT2D eigenvalue weighted by Crippen LogP contribution is 2.09. The Morgan fingerprint density at radius 1 is 1.62 bits per heavy atom. The van der Waals surface area contributed by atoms with Crippen molar-refractivity contribution in [1.82, 2.24) is 5.32 Å². The van der Waals surface area contributed by atoms with Crippen molar-refractivity contribution in [2.45, 2.75) is 45.2 Å². The number of hydrogen-bond acceptors (Lipinski definition) is 3. The molecule has 1 unspecified atom stereocenters. The second-order valence-corrected chi connectivity index (χ2v) is 4.59. The normalized spacial score (nSPS) is 13.7. The first-order chi connectivity index (χ1) is 7.42. The smallest absolute Gasteiger partial charge is 0.323 e. The molecule has 1 atom stereocenters. The molecule has 0 aliphatic rings. The number of aliphatic carboxylic acids is 1. The third kappa shape index (κ3) is 3.70. The highest BCUT2D eigenvalue weighted by atomic mass is 16.4. The Labute approximate surface area is 95.7 Å². The summed E-state index contributed by atoms with van der Waals surface area (Å²) in [7, 11) is 0. The van der Waals surface area contributed by atoms with E-state index < -0.39 is 11.5 Å². The molecule has 90 valence electrons. The Balaban J connectivity index is 2.36. The molecule has 1 aromatic rings. The molecule has 1 aromatic heterocycles. The maximum absolute atomic E-state index is 10.9. The van der Waals surface area contributed by atoms with Gasteiger partial charge in [0.25, 0.3) is 0 Å². The Bertz CT molecular complexity index is 330. The zero-order valence-corrected chi connectivity index (χ0v) is 9.99. The standard InChI is InChI=1S/C12H19NO3/c1-9(13-12(2,3)11(14)15)6-7-10-5-4-8-16-10/h4-5,8-9,13H,6-7H2,1-3H3,(H,14,15). The minimum atomic E-state index is -0.886. The van der Waals surface area contributed by atoms with Gasteiger partial charge in [0, 0.05) is 12.5 Å². The Morgan fingerprint density at radius 2 is 2.31 bits per heavy atom. The molecule has 0 radical (unpaired) electrons. The lowest BCUT2D eigenvalue weighted by atomic mass is 10.0. The molecule has 0 spiro atoms. The molecule has 0 aliphatic heterocycles. The number of nitrogens with one attached hydrogen (secondary N) is 1. The summed E-state index contributed by atoms with van der Waals surface area (Å²) in [6.45, 7) is 5.31. The third-order valence-corrected chi connectivity index (χ3v) is 2.55. The fraction of sp³-hybridized carbons (Fsp3) is 0.583. The molecule has 0 saturated heterocycles. The molecular formula is C12H19NO3. The van der Waals surface area contributed by atoms with Crippen LogP contribution in [0.25, 0.3) is 0 Å². The number of furan rings is 1. The van der Waals surface area contributed by atoms with Crippen molar-refractivity contribution in [2.24, 2.45) is 0 Å². The molecule has 16 heavy (non-hydrogen) atoms. The van der Waals surface area contributed by atoms with Crippen molar-refractivity contribution in [1.29, 1.82) is 0 Å². The van der Waals surface area contributed by atoms with Crippen LogP contribution in [0.4, 0.5) is 0 Å². The van der Waals surface area contributed by atoms with Crippen LogP contribution in [-0.4, -0.2) is 22.7 Å². The molecule has 0 saturated carbocycles. The molecule has 4 nitrogen and oxygen atoms in total. The molecular weight excluding hydrogens is 206 g/mol. The predicted molar refractivity (Wildman–Crippen MR) is 61.3 cm³/mol. The maximum Gasteiger partial charge on any atom is 0.323 e. The Hall–Kier alpha value is -1.29. The number of hydrogen-bond donors (Lipinski definition) is 2. The van der Waals surface area contributed by atoms with Crippen molar-refractivity contribution in [3.05, 3.63) is 24.2 Å². The van der Waals surface area contributed by atoms with E-state index in [4.69, 9.17) is 9.52 Å². The van der Waals surface area contributed by atoms with Gasteiger partial charge in [0.2, 0.25) is 0 Å². The van der Waals surface area contributed by atoms with Gasteiger partial charge < -0.3 is 9.52 Å². The average molecular weight is 225 g/mol. The van der Waals surface area contributed by atoms with Crippen LogP contribution in [0.3, 0.4) is 0 Å². The summed E-state index contributed by atoms with van der Waals surface area (Å²) in [6.07, 6.45) is 3.32. The van der Waals surface area contributed by atoms with Crippen LogP contribution < -0.4 is 5.32 Å². The monoisotopic (exact) mass is 225 g/mol. The summed E-state index contributed by atoms with van der Waals surface area (Å²) in [4.78, 5) is 10.9. The van der Waals surface area contributed by atoms with Gasteiger partial charge in [-0.1, -0.05) is 0 Å². The average Bonchev–Trinajstić information content (AvgIpc) is 2.66. The lowest BCUT2D eigenvalue weighted by Crippen LogP contribution is -2.50. The van der Waals surface area contributed by atoms with Gasteiger partial charge in [-0.3, -0.25) is 10.1 Å². The molecule has 1 rings (SSSR count). The Kier molecular flexibility index (Phi) is 4.12. The number of aryl methyl sites for hydroxylation is 1. The van der Waals surface area contributed by atoms with Gasteiger partial charge >= 0.3 is 5.97 Å². The minimum absolute atomic E-state index is 0.135. The second kappa shape index (κ2) is 5.16. The predicted octanol–water partition coefficient (Wildman–Crippen LogP) is 2.05. The van der Waals surface area contributed by atoms with Gasteiger partial charge in [0.05, 0.1) is 6.26 Å². The summed E-state index contributed by atoms with van der Waals surface area (Å²) < 4.78 is 5.22. The molecule has 0 aromatic carbocycles. The number of carboxylic acid groups (broad SMARTS) is 1. The molecule has 1 heterocycles. The van der Waals surface area contributed by atoms with Gasteiger partial charge in [0.1, 0.15) is 11.3 Å². The first kappa shape index (κ1) is 12.8. The first-order valence-electron chi connectivity index (χ1n) is 5.45. The number of rotatable bonds is 6. The van der Waals surface area contributed by atoms with E-state index in [0.29, 0.717) is 0 Å². The maximum atomic E-state index is 10.9. The van der Waals surface area contributed by atoms with Gasteiger partial charge in [-0.05, 0) is 39.3 Å². The van der Waals surface area contributed by atoms with Crippen LogP contribution in [0.2, 0.25) is 0 Å². The highest BCUT2D eigenvalue weighted by Gasteiger charge is 2.28. The van der Waals surface area contributed by atoms with E-state index in [-0.39, 0.29) is 6.04 Å². The summed E-state index contributed by atoms with van der Waals surface area (Å²) in [6, 6.07) is 3.92. The number of carboxylic acids is 1. The fourth-order valence-corrected chi connectivity index (χ4v) is 1.56. The van der Waals surface area contributed by atoms with E-state index in [2.05, 4.69) is 5.32 Å². The van der Waals surface area contributed by atoms with E-state index in [1.165, 1.54) is 0 Å². The fourth-order valence-electron chi connectivity index (χ4n) is 1.56. The van der Waals surface area contributed by atoms with Crippen LogP contribution in [-0.2, 0) is 11.2 Å². The van der Waals surface area contributed by atoms with Crippen molar-refractivity contribution in [2.75, 3.05) is 0 Å². The SMILES string of the molecule is CC(CCc1ccco1)NC(C)(C)C(=O)O. The lowest BCUT2D eigenvalue weighted by Gasteiger charge is -2.25. The van der Waals surface area contributed by atoms with E-state index >= 15 is 0 Å². The highest BCUT2D eigenvalue weighted by molar-refractivity contribution is 5.77. The lowest BCUT2D eigenvalue weighted by molar-refractivity contribution is -0.143. The van der Waals surface area contributed by atoms with Crippen molar-refractivity contribution >= 4 is 5.97 Å². The molecule has 0 amide bonds. The summed E-state index contributed by atoms with van der Waals surface area (Å²) in [5.74, 6) is 0.0964. The van der Waals surface area contributed by atoms with Crippen LogP contribution in [0, 0.1) is 0 Å². The zero-order valence-electron chi connectivity index (χ0n) is 9.99. The minimum Gasteiger partial charge on any atom is -0.480 e. The first-order valence-corrected chi connectivity index (χ1v) is 5.45. The van der Waals surface area contributed by atoms with Gasteiger partial charge in [-0.15, -0.1) is 0 Å². The van der Waals surface area contributed by atoms with E-state index in [1.54, 1.807) is 20.1 Å². The van der Waals surface area contributed by atoms with Gasteiger partial charge in [-0.25, -0.2) is 0 Å². The van der Waals surface area contributed by atoms with Gasteiger partial charge in [-0.2, -0.15) is 0 Å². The van der Waals surface area contributed by atoms with Crippen molar-refractivity contribution in [3.63, 3.8) is 0 Å². The third-order valence-electron chi connectivity index (χ3n) is 2.55. The van der Waals surface area contributed by atoms with Gasteiger partial charge in [0.15, 0.2) is 0 Å². The second-order valence-electron chi connectivity index (χ2n) is 4.59. The zero-order chi connectivity index (χ0) is 12.2. The van der Waals surface area contributed by atoms with Crippen molar-refractivity contribution < 1.29 is 14.3 Å². The molecule has 4 heteroatoms. The molecule has 2 N–H and O–H groups in total. The van der Waals surface area contributed by atoms with Crippen molar-refractivity contribution in [3.8, 4) is 0 Å². The molecule has 0 aliphatic carbocycles. The van der Waals surface area contributed by atoms with Crippen LogP contribution in [0.1, 0.15) is 33.0 Å². The van der Waals surface area contributed by atoms with Crippen LogP contribution in [0.5, 0.6) is 0 Å². The largest absolute Gasteiger partial charge is 0.480 e. The summed E-state index contributed by atoms with van der Waals surface area (Å²) in [5, 5.41) is 12.0. The Morgan fingerprint density at radius 3 is 2.81 bits per heavy atom. The number of carbonyl (C=O) groups is 1.